The van der Waals surface area contributed by atoms with Crippen molar-refractivity contribution in [1.82, 2.24) is 4.31 Å². The minimum atomic E-state index is 0.228. The number of hydrogen-bond acceptors (Lipinski definition) is 2. The van der Waals surface area contributed by atoms with Crippen molar-refractivity contribution in [3.05, 3.63) is 23.8 Å². The summed E-state index contributed by atoms with van der Waals surface area (Å²) in [5.74, 6) is 0. The van der Waals surface area contributed by atoms with Gasteiger partial charge in [-0.2, -0.15) is 0 Å². The highest BCUT2D eigenvalue weighted by molar-refractivity contribution is 8.00. The van der Waals surface area contributed by atoms with Gasteiger partial charge in [0.05, 0.1) is 0 Å². The monoisotopic (exact) mass is 155 g/mol. The molecule has 1 nitrogen and oxygen atoms in total. The molecule has 1 rings (SSSR count). The summed E-state index contributed by atoms with van der Waals surface area (Å²) in [4.78, 5) is 0. The fraction of sp³-hybridized carbons (Fsp3) is 0.500. The molecule has 2 heteroatoms. The summed E-state index contributed by atoms with van der Waals surface area (Å²) < 4.78 is 2.23. The van der Waals surface area contributed by atoms with Crippen molar-refractivity contribution in [2.24, 2.45) is 0 Å². The van der Waals surface area contributed by atoms with Crippen molar-refractivity contribution in [3.63, 3.8) is 0 Å². The normalized spacial score (nSPS) is 18.1. The molecule has 1 aliphatic rings. The van der Waals surface area contributed by atoms with Gasteiger partial charge in [-0.3, -0.25) is 0 Å². The Morgan fingerprint density at radius 2 is 1.90 bits per heavy atom. The summed E-state index contributed by atoms with van der Waals surface area (Å²) in [6.45, 7) is 6.59. The predicted molar refractivity (Wildman–Crippen MR) is 47.5 cm³/mol. The zero-order valence-corrected chi connectivity index (χ0v) is 7.48. The quantitative estimate of drug-likeness (QED) is 0.495. The van der Waals surface area contributed by atoms with Gasteiger partial charge in [-0.05, 0) is 44.2 Å². The van der Waals surface area contributed by atoms with E-state index in [0.717, 1.165) is 0 Å². The van der Waals surface area contributed by atoms with Crippen molar-refractivity contribution in [3.8, 4) is 0 Å². The molecule has 0 fully saturated rings. The molecule has 0 aromatic rings. The van der Waals surface area contributed by atoms with Gasteiger partial charge < -0.3 is 4.31 Å². The van der Waals surface area contributed by atoms with Crippen LogP contribution >= 0.6 is 11.9 Å². The van der Waals surface area contributed by atoms with Crippen molar-refractivity contribution in [2.45, 2.75) is 26.3 Å². The Bertz CT molecular complexity index is 165. The predicted octanol–water partition coefficient (Wildman–Crippen LogP) is 2.78. The summed E-state index contributed by atoms with van der Waals surface area (Å²) in [5, 5.41) is 2.09. The molecule has 0 saturated carbocycles. The Kier molecular flexibility index (Phi) is 2.09. The SMILES string of the molecule is CC(C)(C)N1C=CC=CS1. The second-order valence-corrected chi connectivity index (χ2v) is 4.15. The molecule has 0 aromatic heterocycles. The van der Waals surface area contributed by atoms with Gasteiger partial charge in [-0.15, -0.1) is 0 Å². The number of nitrogens with zero attached hydrogens (tertiary/aromatic N) is 1. The third-order valence-corrected chi connectivity index (χ3v) is 2.42. The van der Waals surface area contributed by atoms with Crippen LogP contribution in [0.3, 0.4) is 0 Å². The zero-order valence-electron chi connectivity index (χ0n) is 6.66. The molecule has 56 valence electrons. The number of hydrogen-bond donors (Lipinski definition) is 0. The molecule has 1 heterocycles. The van der Waals surface area contributed by atoms with Crippen LogP contribution < -0.4 is 0 Å². The lowest BCUT2D eigenvalue weighted by atomic mass is 10.1. The first-order chi connectivity index (χ1) is 4.61. The topological polar surface area (TPSA) is 3.24 Å². The third kappa shape index (κ3) is 1.81. The summed E-state index contributed by atoms with van der Waals surface area (Å²) in [6.07, 6.45) is 6.21. The van der Waals surface area contributed by atoms with E-state index < -0.39 is 0 Å². The molecule has 1 aliphatic heterocycles. The van der Waals surface area contributed by atoms with E-state index >= 15 is 0 Å². The van der Waals surface area contributed by atoms with E-state index in [4.69, 9.17) is 0 Å². The first-order valence-electron chi connectivity index (χ1n) is 3.40. The highest BCUT2D eigenvalue weighted by Crippen LogP contribution is 2.26. The average molecular weight is 155 g/mol. The van der Waals surface area contributed by atoms with E-state index in [1.807, 2.05) is 6.08 Å². The van der Waals surface area contributed by atoms with Crippen molar-refractivity contribution in [2.75, 3.05) is 0 Å². The van der Waals surface area contributed by atoms with Crippen LogP contribution in [0.15, 0.2) is 23.8 Å². The first-order valence-corrected chi connectivity index (χ1v) is 4.24. The fourth-order valence-corrected chi connectivity index (χ4v) is 1.44. The molecular weight excluding hydrogens is 142 g/mol. The lowest BCUT2D eigenvalue weighted by molar-refractivity contribution is 0.350. The zero-order chi connectivity index (χ0) is 7.61. The van der Waals surface area contributed by atoms with Crippen molar-refractivity contribution >= 4 is 11.9 Å². The van der Waals surface area contributed by atoms with E-state index in [1.54, 1.807) is 11.9 Å². The van der Waals surface area contributed by atoms with Crippen LogP contribution in [0, 0.1) is 0 Å². The summed E-state index contributed by atoms with van der Waals surface area (Å²) in [7, 11) is 0. The molecule has 0 aliphatic carbocycles. The molecule has 0 amide bonds. The van der Waals surface area contributed by atoms with Crippen LogP contribution in [-0.2, 0) is 0 Å². The molecule has 0 bridgehead atoms. The second kappa shape index (κ2) is 2.70. The molecule has 0 N–H and O–H groups in total. The average Bonchev–Trinajstić information content (AvgIpc) is 1.88. The Morgan fingerprint density at radius 1 is 1.20 bits per heavy atom. The maximum Gasteiger partial charge on any atom is 0.0427 e. The fourth-order valence-electron chi connectivity index (χ4n) is 0.691. The van der Waals surface area contributed by atoms with Crippen LogP contribution in [-0.4, -0.2) is 9.84 Å². The minimum absolute atomic E-state index is 0.228. The van der Waals surface area contributed by atoms with Crippen LogP contribution in [0.5, 0.6) is 0 Å². The molecule has 0 radical (unpaired) electrons. The molecule has 10 heavy (non-hydrogen) atoms. The molecule has 0 saturated heterocycles. The van der Waals surface area contributed by atoms with Gasteiger partial charge in [0.2, 0.25) is 0 Å². The van der Waals surface area contributed by atoms with Gasteiger partial charge in [0.1, 0.15) is 0 Å². The molecule has 0 aromatic carbocycles. The van der Waals surface area contributed by atoms with Crippen LogP contribution in [0.2, 0.25) is 0 Å². The Morgan fingerprint density at radius 3 is 2.20 bits per heavy atom. The largest absolute Gasteiger partial charge is 0.314 e. The maximum absolute atomic E-state index is 2.23. The number of rotatable bonds is 0. The lowest BCUT2D eigenvalue weighted by Gasteiger charge is -2.33. The van der Waals surface area contributed by atoms with Crippen molar-refractivity contribution < 1.29 is 0 Å². The summed E-state index contributed by atoms with van der Waals surface area (Å²) in [6, 6.07) is 0. The first kappa shape index (κ1) is 7.73. The summed E-state index contributed by atoms with van der Waals surface area (Å²) in [5.41, 5.74) is 0.228. The van der Waals surface area contributed by atoms with E-state index in [9.17, 15) is 0 Å². The minimum Gasteiger partial charge on any atom is -0.314 e. The van der Waals surface area contributed by atoms with Gasteiger partial charge in [-0.1, -0.05) is 6.08 Å². The molecule has 0 atom stereocenters. The van der Waals surface area contributed by atoms with Crippen LogP contribution in [0.25, 0.3) is 0 Å². The third-order valence-electron chi connectivity index (χ3n) is 1.25. The van der Waals surface area contributed by atoms with Gasteiger partial charge in [0.25, 0.3) is 0 Å². The standard InChI is InChI=1S/C8H13NS/c1-8(2,3)9-6-4-5-7-10-9/h4-7H,1-3H3. The van der Waals surface area contributed by atoms with Crippen LogP contribution in [0.1, 0.15) is 20.8 Å². The van der Waals surface area contributed by atoms with E-state index in [1.165, 1.54) is 0 Å². The Hall–Kier alpha value is -0.370. The maximum atomic E-state index is 2.23. The Balaban J connectivity index is 2.60. The molecule has 0 spiro atoms. The van der Waals surface area contributed by atoms with Gasteiger partial charge >= 0.3 is 0 Å². The second-order valence-electron chi connectivity index (χ2n) is 3.27. The van der Waals surface area contributed by atoms with E-state index in [-0.39, 0.29) is 5.54 Å². The van der Waals surface area contributed by atoms with Crippen molar-refractivity contribution in [1.29, 1.82) is 0 Å². The molecular formula is C8H13NS. The number of allylic oxidation sites excluding steroid dienone is 2. The highest BCUT2D eigenvalue weighted by Gasteiger charge is 2.17. The Labute approximate surface area is 66.9 Å². The van der Waals surface area contributed by atoms with Crippen LogP contribution in [0.4, 0.5) is 0 Å². The van der Waals surface area contributed by atoms with Gasteiger partial charge in [0.15, 0.2) is 0 Å². The summed E-state index contributed by atoms with van der Waals surface area (Å²) >= 11 is 1.74. The lowest BCUT2D eigenvalue weighted by Crippen LogP contribution is -2.31. The molecule has 0 unspecified atom stereocenters. The van der Waals surface area contributed by atoms with E-state index in [0.29, 0.717) is 0 Å². The smallest absolute Gasteiger partial charge is 0.0427 e. The van der Waals surface area contributed by atoms with Gasteiger partial charge in [0, 0.05) is 11.7 Å². The van der Waals surface area contributed by atoms with E-state index in [2.05, 4.69) is 42.8 Å². The highest BCUT2D eigenvalue weighted by atomic mass is 32.2. The van der Waals surface area contributed by atoms with Gasteiger partial charge in [-0.25, -0.2) is 0 Å².